The summed E-state index contributed by atoms with van der Waals surface area (Å²) in [6, 6.07) is 14.2. The Hall–Kier alpha value is -5.25. The molecule has 3 aromatic carbocycles. The number of alkyl halides is 3. The Morgan fingerprint density at radius 3 is 2.43 bits per heavy atom. The number of fused-ring (bicyclic) bond motifs is 1. The van der Waals surface area contributed by atoms with Crippen molar-refractivity contribution < 1.29 is 41.0 Å². The van der Waals surface area contributed by atoms with Crippen molar-refractivity contribution in [2.24, 2.45) is 0 Å². The van der Waals surface area contributed by atoms with Gasteiger partial charge in [0.1, 0.15) is 17.4 Å². The molecule has 0 aliphatic rings. The molecule has 228 valence electrons. The zero-order chi connectivity index (χ0) is 31.8. The third-order valence-electron chi connectivity index (χ3n) is 6.58. The number of anilines is 2. The number of carboxylic acids is 1. The molecule has 2 aromatic heterocycles. The summed E-state index contributed by atoms with van der Waals surface area (Å²) in [4.78, 5) is 20.3. The summed E-state index contributed by atoms with van der Waals surface area (Å²) in [5.41, 5.74) is -0.932. The number of carboxylic acid groups (broad SMARTS) is 1. The van der Waals surface area contributed by atoms with E-state index in [1.807, 2.05) is 0 Å². The van der Waals surface area contributed by atoms with Gasteiger partial charge in [0, 0.05) is 19.2 Å². The second-order valence-electron chi connectivity index (χ2n) is 9.54. The number of rotatable bonds is 9. The number of aromatic amines is 1. The van der Waals surface area contributed by atoms with Crippen LogP contribution in [0.5, 0.6) is 5.75 Å². The minimum absolute atomic E-state index is 0.00545. The van der Waals surface area contributed by atoms with Gasteiger partial charge in [0.15, 0.2) is 17.2 Å². The van der Waals surface area contributed by atoms with Crippen LogP contribution < -0.4 is 9.62 Å². The smallest absolute Gasteiger partial charge is 0.393 e. The van der Waals surface area contributed by atoms with Crippen molar-refractivity contribution in [1.82, 2.24) is 20.2 Å². The molecule has 0 atom stereocenters. The number of aromatic carboxylic acids is 1. The molecule has 5 aromatic rings. The molecule has 0 saturated carbocycles. The first-order valence-corrected chi connectivity index (χ1v) is 14.1. The standard InChI is InChI=1S/C28H22F4N6O5S/c1-38(44(42,43)19-5-3-2-4-6-19)21-10-9-18(39)11-16(21)14-33-25-22-23(27(40)41)36-37-26(22)35-24(34-25)20-12-17(29)8-7-15(20)13-28(30,31)32/h2-12,39H,13-14H2,1H3,(H,40,41)(H2,33,34,35,36,37). The summed E-state index contributed by atoms with van der Waals surface area (Å²) in [5.74, 6) is -3.09. The average Bonchev–Trinajstić information content (AvgIpc) is 3.41. The van der Waals surface area contributed by atoms with E-state index in [-0.39, 0.29) is 62.2 Å². The van der Waals surface area contributed by atoms with Gasteiger partial charge in [0.25, 0.3) is 10.0 Å². The van der Waals surface area contributed by atoms with E-state index in [0.717, 1.165) is 22.5 Å². The van der Waals surface area contributed by atoms with Crippen LogP contribution in [0.15, 0.2) is 71.6 Å². The summed E-state index contributed by atoms with van der Waals surface area (Å²) in [6.45, 7) is -0.257. The maximum absolute atomic E-state index is 14.2. The van der Waals surface area contributed by atoms with Crippen LogP contribution in [0, 0.1) is 5.82 Å². The molecule has 4 N–H and O–H groups in total. The quantitative estimate of drug-likeness (QED) is 0.162. The molecule has 0 radical (unpaired) electrons. The largest absolute Gasteiger partial charge is 0.508 e. The molecule has 0 amide bonds. The lowest BCUT2D eigenvalue weighted by molar-refractivity contribution is -0.127. The van der Waals surface area contributed by atoms with E-state index < -0.39 is 40.1 Å². The van der Waals surface area contributed by atoms with Crippen molar-refractivity contribution in [3.05, 3.63) is 89.4 Å². The number of nitrogens with one attached hydrogen (secondary N) is 2. The summed E-state index contributed by atoms with van der Waals surface area (Å²) >= 11 is 0. The third kappa shape index (κ3) is 6.10. The highest BCUT2D eigenvalue weighted by atomic mass is 32.2. The maximum atomic E-state index is 14.2. The summed E-state index contributed by atoms with van der Waals surface area (Å²) in [7, 11) is -2.73. The lowest BCUT2D eigenvalue weighted by Crippen LogP contribution is -2.27. The molecule has 0 spiro atoms. The van der Waals surface area contributed by atoms with Gasteiger partial charge in [-0.2, -0.15) is 18.3 Å². The first-order chi connectivity index (χ1) is 20.7. The Balaban J connectivity index is 1.60. The molecule has 0 fully saturated rings. The second-order valence-corrected chi connectivity index (χ2v) is 11.5. The van der Waals surface area contributed by atoms with E-state index in [2.05, 4.69) is 25.5 Å². The van der Waals surface area contributed by atoms with Gasteiger partial charge in [-0.25, -0.2) is 27.6 Å². The van der Waals surface area contributed by atoms with Gasteiger partial charge in [0.05, 0.1) is 22.4 Å². The molecule has 5 rings (SSSR count). The van der Waals surface area contributed by atoms with Gasteiger partial charge in [-0.15, -0.1) is 0 Å². The minimum Gasteiger partial charge on any atom is -0.508 e. The number of nitrogens with zero attached hydrogens (tertiary/aromatic N) is 4. The van der Waals surface area contributed by atoms with Gasteiger partial charge >= 0.3 is 12.1 Å². The number of hydrogen-bond acceptors (Lipinski definition) is 8. The van der Waals surface area contributed by atoms with Crippen LogP contribution in [0.2, 0.25) is 0 Å². The zero-order valence-corrected chi connectivity index (χ0v) is 23.4. The maximum Gasteiger partial charge on any atom is 0.393 e. The van der Waals surface area contributed by atoms with Crippen LogP contribution in [0.25, 0.3) is 22.4 Å². The van der Waals surface area contributed by atoms with Crippen LogP contribution in [-0.4, -0.2) is 58.0 Å². The van der Waals surface area contributed by atoms with E-state index in [0.29, 0.717) is 0 Å². The highest BCUT2D eigenvalue weighted by molar-refractivity contribution is 7.92. The number of sulfonamides is 1. The average molecular weight is 631 g/mol. The van der Waals surface area contributed by atoms with E-state index in [9.17, 15) is 41.0 Å². The van der Waals surface area contributed by atoms with Crippen LogP contribution >= 0.6 is 0 Å². The van der Waals surface area contributed by atoms with Crippen LogP contribution in [0.4, 0.5) is 29.1 Å². The molecule has 2 heterocycles. The minimum atomic E-state index is -4.64. The first kappa shape index (κ1) is 30.2. The Bertz CT molecular complexity index is 1980. The lowest BCUT2D eigenvalue weighted by Gasteiger charge is -2.23. The van der Waals surface area contributed by atoms with Gasteiger partial charge in [-0.05, 0) is 53.6 Å². The van der Waals surface area contributed by atoms with Gasteiger partial charge < -0.3 is 15.5 Å². The Morgan fingerprint density at radius 1 is 1.02 bits per heavy atom. The molecule has 0 aliphatic heterocycles. The molecule has 44 heavy (non-hydrogen) atoms. The van der Waals surface area contributed by atoms with Gasteiger partial charge in [0.2, 0.25) is 0 Å². The topological polar surface area (TPSA) is 161 Å². The number of halogens is 4. The van der Waals surface area contributed by atoms with E-state index in [1.165, 1.54) is 37.4 Å². The summed E-state index contributed by atoms with van der Waals surface area (Å²) < 4.78 is 81.7. The van der Waals surface area contributed by atoms with Crippen molar-refractivity contribution in [1.29, 1.82) is 0 Å². The van der Waals surface area contributed by atoms with Crippen LogP contribution in [0.1, 0.15) is 21.6 Å². The van der Waals surface area contributed by atoms with E-state index >= 15 is 0 Å². The number of hydrogen-bond donors (Lipinski definition) is 4. The van der Waals surface area contributed by atoms with E-state index in [1.54, 1.807) is 18.2 Å². The Morgan fingerprint density at radius 2 is 1.75 bits per heavy atom. The number of phenolic OH excluding ortho intramolecular Hbond substituents is 1. The Kier molecular flexibility index (Phi) is 7.86. The van der Waals surface area contributed by atoms with Crippen molar-refractivity contribution in [3.63, 3.8) is 0 Å². The normalized spacial score (nSPS) is 11.9. The molecule has 0 unspecified atom stereocenters. The van der Waals surface area contributed by atoms with Gasteiger partial charge in [-0.1, -0.05) is 24.3 Å². The summed E-state index contributed by atoms with van der Waals surface area (Å²) in [5, 5.41) is 28.8. The number of carbonyl (C=O) groups is 1. The third-order valence-corrected chi connectivity index (χ3v) is 8.37. The predicted octanol–water partition coefficient (Wildman–Crippen LogP) is 5.10. The zero-order valence-electron chi connectivity index (χ0n) is 22.6. The summed E-state index contributed by atoms with van der Waals surface area (Å²) in [6.07, 6.45) is -6.05. The molecule has 16 heteroatoms. The van der Waals surface area contributed by atoms with Gasteiger partial charge in [-0.3, -0.25) is 9.40 Å². The predicted molar refractivity (Wildman–Crippen MR) is 151 cm³/mol. The number of aromatic nitrogens is 4. The fourth-order valence-corrected chi connectivity index (χ4v) is 5.79. The SMILES string of the molecule is CN(c1ccc(O)cc1CNc1nc(-c2cc(F)ccc2CC(F)(F)F)nc2n[nH]c(C(=O)O)c12)S(=O)(=O)c1ccccc1. The van der Waals surface area contributed by atoms with Crippen molar-refractivity contribution in [2.75, 3.05) is 16.7 Å². The Labute approximate surface area is 246 Å². The van der Waals surface area contributed by atoms with E-state index in [4.69, 9.17) is 0 Å². The highest BCUT2D eigenvalue weighted by Crippen LogP contribution is 2.34. The highest BCUT2D eigenvalue weighted by Gasteiger charge is 2.30. The monoisotopic (exact) mass is 630 g/mol. The second kappa shape index (κ2) is 11.4. The van der Waals surface area contributed by atoms with Crippen molar-refractivity contribution in [2.45, 2.75) is 24.0 Å². The molecule has 11 nitrogen and oxygen atoms in total. The number of benzene rings is 3. The number of H-pyrrole nitrogens is 1. The van der Waals surface area contributed by atoms with Crippen molar-refractivity contribution >= 4 is 38.5 Å². The number of phenols is 1. The van der Waals surface area contributed by atoms with Crippen LogP contribution in [-0.2, 0) is 23.0 Å². The molecule has 0 bridgehead atoms. The number of aromatic hydroxyl groups is 1. The van der Waals surface area contributed by atoms with Crippen LogP contribution in [0.3, 0.4) is 0 Å². The fraction of sp³-hybridized carbons (Fsp3) is 0.143. The molecular formula is C28H22F4N6O5S. The first-order valence-electron chi connectivity index (χ1n) is 12.7. The molecular weight excluding hydrogens is 608 g/mol. The molecule has 0 aliphatic carbocycles. The van der Waals surface area contributed by atoms with Crippen molar-refractivity contribution in [3.8, 4) is 17.1 Å². The fourth-order valence-electron chi connectivity index (χ4n) is 4.53. The molecule has 0 saturated heterocycles. The lowest BCUT2D eigenvalue weighted by atomic mass is 10.0.